The van der Waals surface area contributed by atoms with Crippen LogP contribution in [0, 0.1) is 12.8 Å². The zero-order valence-corrected chi connectivity index (χ0v) is 14.1. The molecule has 0 bridgehead atoms. The quantitative estimate of drug-likeness (QED) is 0.860. The third kappa shape index (κ3) is 2.94. The summed E-state index contributed by atoms with van der Waals surface area (Å²) in [6, 6.07) is 4.12. The molecule has 1 unspecified atom stereocenters. The van der Waals surface area contributed by atoms with Crippen LogP contribution in [0.15, 0.2) is 16.5 Å². The average Bonchev–Trinajstić information content (AvgIpc) is 3.06. The van der Waals surface area contributed by atoms with Crippen LogP contribution in [0.4, 0.5) is 0 Å². The normalized spacial score (nSPS) is 26.3. The number of amides is 1. The molecule has 3 rings (SSSR count). The van der Waals surface area contributed by atoms with Gasteiger partial charge in [-0.05, 0) is 51.3 Å². The SMILES string of the molecule is Cc1ccc(CN2CCCC23CCCN(C(=O)C(C)C)C3)o1. The van der Waals surface area contributed by atoms with Crippen LogP contribution >= 0.6 is 0 Å². The largest absolute Gasteiger partial charge is 0.465 e. The fourth-order valence-electron chi connectivity index (χ4n) is 4.13. The summed E-state index contributed by atoms with van der Waals surface area (Å²) in [5, 5.41) is 0. The molecule has 1 aromatic rings. The second-order valence-electron chi connectivity index (χ2n) is 7.28. The van der Waals surface area contributed by atoms with E-state index in [1.807, 2.05) is 26.8 Å². The molecule has 1 spiro atoms. The van der Waals surface area contributed by atoms with Gasteiger partial charge in [0.25, 0.3) is 0 Å². The van der Waals surface area contributed by atoms with E-state index in [2.05, 4.69) is 15.9 Å². The predicted octanol–water partition coefficient (Wildman–Crippen LogP) is 3.20. The lowest BCUT2D eigenvalue weighted by Crippen LogP contribution is -2.57. The van der Waals surface area contributed by atoms with E-state index in [0.717, 1.165) is 44.1 Å². The summed E-state index contributed by atoms with van der Waals surface area (Å²) < 4.78 is 5.77. The highest BCUT2D eigenvalue weighted by atomic mass is 16.3. The first-order valence-corrected chi connectivity index (χ1v) is 8.59. The molecule has 1 atom stereocenters. The Balaban J connectivity index is 1.73. The summed E-state index contributed by atoms with van der Waals surface area (Å²) in [5.41, 5.74) is 0.170. The Morgan fingerprint density at radius 3 is 2.64 bits per heavy atom. The zero-order valence-electron chi connectivity index (χ0n) is 14.1. The van der Waals surface area contributed by atoms with Crippen LogP contribution in [0.2, 0.25) is 0 Å². The van der Waals surface area contributed by atoms with E-state index in [-0.39, 0.29) is 11.5 Å². The van der Waals surface area contributed by atoms with Crippen LogP contribution in [0.25, 0.3) is 0 Å². The molecule has 2 fully saturated rings. The van der Waals surface area contributed by atoms with E-state index >= 15 is 0 Å². The molecule has 0 N–H and O–H groups in total. The minimum absolute atomic E-state index is 0.0951. The number of hydrogen-bond donors (Lipinski definition) is 0. The monoisotopic (exact) mass is 304 g/mol. The van der Waals surface area contributed by atoms with Crippen LogP contribution in [-0.4, -0.2) is 40.9 Å². The molecule has 0 aromatic carbocycles. The highest BCUT2D eigenvalue weighted by Gasteiger charge is 2.45. The Labute approximate surface area is 133 Å². The summed E-state index contributed by atoms with van der Waals surface area (Å²) in [4.78, 5) is 17.1. The predicted molar refractivity (Wildman–Crippen MR) is 86.5 cm³/mol. The van der Waals surface area contributed by atoms with E-state index in [9.17, 15) is 4.79 Å². The highest BCUT2D eigenvalue weighted by molar-refractivity contribution is 5.78. The zero-order chi connectivity index (χ0) is 15.7. The lowest BCUT2D eigenvalue weighted by Gasteiger charge is -2.46. The second kappa shape index (κ2) is 6.07. The number of hydrogen-bond acceptors (Lipinski definition) is 3. The van der Waals surface area contributed by atoms with E-state index in [0.29, 0.717) is 5.91 Å². The number of furan rings is 1. The van der Waals surface area contributed by atoms with E-state index < -0.39 is 0 Å². The van der Waals surface area contributed by atoms with Gasteiger partial charge in [-0.25, -0.2) is 0 Å². The summed E-state index contributed by atoms with van der Waals surface area (Å²) in [6.45, 7) is 9.80. The Hall–Kier alpha value is -1.29. The maximum Gasteiger partial charge on any atom is 0.225 e. The number of carbonyl (C=O) groups is 1. The highest BCUT2D eigenvalue weighted by Crippen LogP contribution is 2.38. The van der Waals surface area contributed by atoms with E-state index in [4.69, 9.17) is 4.42 Å². The van der Waals surface area contributed by atoms with Gasteiger partial charge >= 0.3 is 0 Å². The number of aryl methyl sites for hydroxylation is 1. The van der Waals surface area contributed by atoms with Crippen molar-refractivity contribution in [3.05, 3.63) is 23.7 Å². The number of nitrogens with zero attached hydrogens (tertiary/aromatic N) is 2. The molecule has 4 nitrogen and oxygen atoms in total. The van der Waals surface area contributed by atoms with Gasteiger partial charge in [-0.15, -0.1) is 0 Å². The Morgan fingerprint density at radius 1 is 1.27 bits per heavy atom. The van der Waals surface area contributed by atoms with Gasteiger partial charge in [0.1, 0.15) is 11.5 Å². The van der Waals surface area contributed by atoms with Gasteiger partial charge in [-0.2, -0.15) is 0 Å². The van der Waals surface area contributed by atoms with E-state index in [1.165, 1.54) is 19.3 Å². The first-order valence-electron chi connectivity index (χ1n) is 8.59. The number of rotatable bonds is 3. The van der Waals surface area contributed by atoms with Crippen molar-refractivity contribution in [3.8, 4) is 0 Å². The molecule has 22 heavy (non-hydrogen) atoms. The molecule has 2 aliphatic rings. The van der Waals surface area contributed by atoms with E-state index in [1.54, 1.807) is 0 Å². The summed E-state index contributed by atoms with van der Waals surface area (Å²) in [7, 11) is 0. The molecule has 3 heterocycles. The molecule has 2 saturated heterocycles. The Morgan fingerprint density at radius 2 is 2.00 bits per heavy atom. The number of piperidine rings is 1. The number of likely N-dealkylation sites (tertiary alicyclic amines) is 2. The van der Waals surface area contributed by atoms with Crippen molar-refractivity contribution in [2.75, 3.05) is 19.6 Å². The maximum atomic E-state index is 12.4. The smallest absolute Gasteiger partial charge is 0.225 e. The maximum absolute atomic E-state index is 12.4. The van der Waals surface area contributed by atoms with Crippen LogP contribution in [-0.2, 0) is 11.3 Å². The molecule has 4 heteroatoms. The van der Waals surface area contributed by atoms with Gasteiger partial charge in [0.15, 0.2) is 0 Å². The Kier molecular flexibility index (Phi) is 4.31. The lowest BCUT2D eigenvalue weighted by molar-refractivity contribution is -0.138. The lowest BCUT2D eigenvalue weighted by atomic mass is 9.86. The van der Waals surface area contributed by atoms with Gasteiger partial charge in [-0.3, -0.25) is 9.69 Å². The number of carbonyl (C=O) groups excluding carboxylic acids is 1. The second-order valence-corrected chi connectivity index (χ2v) is 7.28. The van der Waals surface area contributed by atoms with Crippen LogP contribution in [0.3, 0.4) is 0 Å². The molecule has 0 radical (unpaired) electrons. The molecule has 2 aliphatic heterocycles. The van der Waals surface area contributed by atoms with Crippen molar-refractivity contribution < 1.29 is 9.21 Å². The molecule has 1 aromatic heterocycles. The summed E-state index contributed by atoms with van der Waals surface area (Å²) in [6.07, 6.45) is 4.75. The van der Waals surface area contributed by atoms with Crippen molar-refractivity contribution in [1.82, 2.24) is 9.80 Å². The standard InChI is InChI=1S/C18H28N2O2/c1-14(2)17(21)19-10-4-8-18(13-19)9-5-11-20(18)12-16-7-6-15(3)22-16/h6-7,14H,4-5,8-13H2,1-3H3. The van der Waals surface area contributed by atoms with Crippen molar-refractivity contribution in [2.24, 2.45) is 5.92 Å². The molecule has 1 amide bonds. The van der Waals surface area contributed by atoms with Crippen molar-refractivity contribution in [1.29, 1.82) is 0 Å². The molecule has 0 aliphatic carbocycles. The third-order valence-corrected chi connectivity index (χ3v) is 5.24. The molecular formula is C18H28N2O2. The fourth-order valence-corrected chi connectivity index (χ4v) is 4.13. The first kappa shape index (κ1) is 15.6. The topological polar surface area (TPSA) is 36.7 Å². The van der Waals surface area contributed by atoms with Crippen LogP contribution in [0.5, 0.6) is 0 Å². The van der Waals surface area contributed by atoms with Crippen LogP contribution < -0.4 is 0 Å². The third-order valence-electron chi connectivity index (χ3n) is 5.24. The fraction of sp³-hybridized carbons (Fsp3) is 0.722. The molecular weight excluding hydrogens is 276 g/mol. The van der Waals surface area contributed by atoms with Crippen molar-refractivity contribution >= 4 is 5.91 Å². The first-order chi connectivity index (χ1) is 10.5. The van der Waals surface area contributed by atoms with Gasteiger partial charge < -0.3 is 9.32 Å². The van der Waals surface area contributed by atoms with Gasteiger partial charge in [0, 0.05) is 24.5 Å². The van der Waals surface area contributed by atoms with Crippen molar-refractivity contribution in [2.45, 2.75) is 58.5 Å². The minimum atomic E-state index is 0.0951. The molecule has 122 valence electrons. The summed E-state index contributed by atoms with van der Waals surface area (Å²) in [5.74, 6) is 2.42. The van der Waals surface area contributed by atoms with Crippen molar-refractivity contribution in [3.63, 3.8) is 0 Å². The van der Waals surface area contributed by atoms with Gasteiger partial charge in [0.2, 0.25) is 5.91 Å². The Bertz CT molecular complexity index is 537. The van der Waals surface area contributed by atoms with Gasteiger partial charge in [-0.1, -0.05) is 13.8 Å². The van der Waals surface area contributed by atoms with Gasteiger partial charge in [0.05, 0.1) is 6.54 Å². The minimum Gasteiger partial charge on any atom is -0.465 e. The molecule has 0 saturated carbocycles. The summed E-state index contributed by atoms with van der Waals surface area (Å²) >= 11 is 0. The van der Waals surface area contributed by atoms with Crippen LogP contribution in [0.1, 0.15) is 51.1 Å². The average molecular weight is 304 g/mol.